The van der Waals surface area contributed by atoms with Crippen molar-refractivity contribution in [1.29, 1.82) is 0 Å². The Morgan fingerprint density at radius 3 is 2.89 bits per heavy atom. The van der Waals surface area contributed by atoms with Gasteiger partial charge in [0.1, 0.15) is 5.75 Å². The maximum absolute atomic E-state index is 12.8. The van der Waals surface area contributed by atoms with Crippen LogP contribution < -0.4 is 15.4 Å². The van der Waals surface area contributed by atoms with E-state index in [9.17, 15) is 4.79 Å². The lowest BCUT2D eigenvalue weighted by atomic mass is 10.1. The highest BCUT2D eigenvalue weighted by Crippen LogP contribution is 2.40. The minimum absolute atomic E-state index is 0.155. The molecule has 1 aliphatic rings. The summed E-state index contributed by atoms with van der Waals surface area (Å²) in [6.07, 6.45) is 2.90. The van der Waals surface area contributed by atoms with Gasteiger partial charge in [-0.1, -0.05) is 41.8 Å². The van der Waals surface area contributed by atoms with Gasteiger partial charge < -0.3 is 19.9 Å². The molecule has 37 heavy (non-hydrogen) atoms. The van der Waals surface area contributed by atoms with Crippen LogP contribution in [0.25, 0.3) is 5.70 Å². The number of nitrogens with one attached hydrogen (secondary N) is 2. The molecule has 2 N–H and O–H groups in total. The molecule has 1 saturated heterocycles. The number of methoxy groups -OCH3 is 1. The maximum atomic E-state index is 12.8. The third-order valence-electron chi connectivity index (χ3n) is 6.13. The van der Waals surface area contributed by atoms with Crippen molar-refractivity contribution in [3.8, 4) is 5.75 Å². The minimum atomic E-state index is -0.155. The van der Waals surface area contributed by atoms with E-state index in [0.717, 1.165) is 76.4 Å². The molecule has 7 nitrogen and oxygen atoms in total. The van der Waals surface area contributed by atoms with Gasteiger partial charge in [-0.3, -0.25) is 10.1 Å². The third-order valence-corrected chi connectivity index (χ3v) is 8.31. The minimum Gasteiger partial charge on any atom is -0.496 e. The van der Waals surface area contributed by atoms with Crippen molar-refractivity contribution in [2.24, 2.45) is 0 Å². The molecule has 2 heterocycles. The van der Waals surface area contributed by atoms with E-state index in [1.54, 1.807) is 18.9 Å². The van der Waals surface area contributed by atoms with Gasteiger partial charge >= 0.3 is 0 Å². The molecule has 1 fully saturated rings. The van der Waals surface area contributed by atoms with Gasteiger partial charge in [-0.15, -0.1) is 0 Å². The summed E-state index contributed by atoms with van der Waals surface area (Å²) in [5, 5.41) is 6.98. The van der Waals surface area contributed by atoms with Crippen LogP contribution in [0.1, 0.15) is 33.5 Å². The van der Waals surface area contributed by atoms with Crippen LogP contribution in [-0.4, -0.2) is 68.1 Å². The zero-order chi connectivity index (χ0) is 26.4. The van der Waals surface area contributed by atoms with Gasteiger partial charge in [-0.2, -0.15) is 0 Å². The number of aryl methyl sites for hydroxylation is 1. The van der Waals surface area contributed by atoms with Crippen LogP contribution in [-0.2, 0) is 6.54 Å². The molecule has 0 radical (unpaired) electrons. The average molecular weight is 538 g/mol. The van der Waals surface area contributed by atoms with Gasteiger partial charge in [0, 0.05) is 47.9 Å². The monoisotopic (exact) mass is 537 g/mol. The zero-order valence-electron chi connectivity index (χ0n) is 22.0. The summed E-state index contributed by atoms with van der Waals surface area (Å²) in [6, 6.07) is 11.9. The van der Waals surface area contributed by atoms with E-state index in [0.29, 0.717) is 10.7 Å². The third kappa shape index (κ3) is 7.13. The summed E-state index contributed by atoms with van der Waals surface area (Å²) in [7, 11) is 5.73. The fourth-order valence-electron chi connectivity index (χ4n) is 4.27. The maximum Gasteiger partial charge on any atom is 0.257 e. The molecule has 1 amide bonds. The van der Waals surface area contributed by atoms with E-state index >= 15 is 0 Å². The van der Waals surface area contributed by atoms with E-state index in [4.69, 9.17) is 4.74 Å². The van der Waals surface area contributed by atoms with Crippen LogP contribution in [0.4, 0.5) is 5.13 Å². The SMILES string of the molecule is C=C(c1cc(Sc2cnc(NC(=O)c3cccc(CN(C)C)c3)s2)c(C)cc1OC)N1CCCNCC1. The number of carbonyl (C=O) groups excluding carboxylic acids is 1. The number of amides is 1. The summed E-state index contributed by atoms with van der Waals surface area (Å²) in [4.78, 5) is 22.8. The lowest BCUT2D eigenvalue weighted by Crippen LogP contribution is -2.26. The Kier molecular flexibility index (Phi) is 9.26. The number of hydrogen-bond donors (Lipinski definition) is 2. The van der Waals surface area contributed by atoms with Crippen LogP contribution in [0.15, 0.2) is 58.3 Å². The van der Waals surface area contributed by atoms with Crippen LogP contribution in [0.5, 0.6) is 5.75 Å². The van der Waals surface area contributed by atoms with Crippen molar-refractivity contribution in [3.63, 3.8) is 0 Å². The second-order valence-corrected chi connectivity index (χ2v) is 11.7. The van der Waals surface area contributed by atoms with Crippen LogP contribution in [0.2, 0.25) is 0 Å². The predicted octanol–water partition coefficient (Wildman–Crippen LogP) is 5.19. The molecule has 1 aromatic heterocycles. The first kappa shape index (κ1) is 27.2. The molecule has 0 aliphatic carbocycles. The number of thiazole rings is 1. The molecule has 4 rings (SSSR count). The van der Waals surface area contributed by atoms with Gasteiger partial charge in [0.25, 0.3) is 5.91 Å². The molecule has 3 aromatic rings. The standard InChI is InChI=1S/C28H35N5O2S2/c1-19-14-24(35-5)23(20(2)33-12-7-10-29-11-13-33)16-25(19)36-26-17-30-28(37-26)31-27(34)22-9-6-8-21(15-22)18-32(3)4/h6,8-9,14-17,29H,2,7,10-13,18H2,1,3-5H3,(H,30,31,34). The first-order valence-corrected chi connectivity index (χ1v) is 14.0. The summed E-state index contributed by atoms with van der Waals surface area (Å²) in [5.41, 5.74) is 4.83. The largest absolute Gasteiger partial charge is 0.496 e. The lowest BCUT2D eigenvalue weighted by Gasteiger charge is -2.26. The Hall–Kier alpha value is -2.85. The van der Waals surface area contributed by atoms with Crippen LogP contribution in [0, 0.1) is 6.92 Å². The molecular weight excluding hydrogens is 502 g/mol. The Morgan fingerprint density at radius 1 is 1.27 bits per heavy atom. The number of nitrogens with zero attached hydrogens (tertiary/aromatic N) is 3. The smallest absolute Gasteiger partial charge is 0.257 e. The summed E-state index contributed by atoms with van der Waals surface area (Å²) < 4.78 is 6.72. The number of benzene rings is 2. The normalized spacial score (nSPS) is 13.9. The number of anilines is 1. The lowest BCUT2D eigenvalue weighted by molar-refractivity contribution is 0.102. The number of hydrogen-bond acceptors (Lipinski definition) is 8. The van der Waals surface area contributed by atoms with E-state index in [2.05, 4.69) is 51.1 Å². The highest BCUT2D eigenvalue weighted by molar-refractivity contribution is 8.01. The molecule has 196 valence electrons. The molecule has 0 saturated carbocycles. The van der Waals surface area contributed by atoms with Crippen molar-refractivity contribution in [3.05, 3.63) is 71.4 Å². The molecular formula is C28H35N5O2S2. The summed E-state index contributed by atoms with van der Waals surface area (Å²) >= 11 is 3.11. The van der Waals surface area contributed by atoms with Gasteiger partial charge in [0.05, 0.1) is 17.5 Å². The van der Waals surface area contributed by atoms with Gasteiger partial charge in [0.2, 0.25) is 0 Å². The highest BCUT2D eigenvalue weighted by Gasteiger charge is 2.18. The zero-order valence-corrected chi connectivity index (χ0v) is 23.6. The van der Waals surface area contributed by atoms with E-state index in [1.807, 2.05) is 44.6 Å². The highest BCUT2D eigenvalue weighted by atomic mass is 32.2. The van der Waals surface area contributed by atoms with Crippen LogP contribution >= 0.6 is 23.1 Å². The molecule has 2 aromatic carbocycles. The predicted molar refractivity (Wildman–Crippen MR) is 154 cm³/mol. The molecule has 9 heteroatoms. The quantitative estimate of drug-likeness (QED) is 0.389. The second-order valence-electron chi connectivity index (χ2n) is 9.33. The Labute approximate surface area is 227 Å². The first-order chi connectivity index (χ1) is 17.8. The average Bonchev–Trinajstić information content (AvgIpc) is 3.13. The van der Waals surface area contributed by atoms with Gasteiger partial charge in [-0.25, -0.2) is 4.98 Å². The molecule has 0 atom stereocenters. The van der Waals surface area contributed by atoms with Crippen LogP contribution in [0.3, 0.4) is 0 Å². The van der Waals surface area contributed by atoms with Crippen molar-refractivity contribution < 1.29 is 9.53 Å². The van der Waals surface area contributed by atoms with Gasteiger partial charge in [-0.05, 0) is 69.4 Å². The number of rotatable bonds is 9. The van der Waals surface area contributed by atoms with E-state index < -0.39 is 0 Å². The molecule has 0 spiro atoms. The van der Waals surface area contributed by atoms with E-state index in [-0.39, 0.29) is 5.91 Å². The number of ether oxygens (including phenoxy) is 1. The fraction of sp³-hybridized carbons (Fsp3) is 0.357. The number of carbonyl (C=O) groups is 1. The van der Waals surface area contributed by atoms with Crippen molar-refractivity contribution in [2.45, 2.75) is 29.0 Å². The topological polar surface area (TPSA) is 69.7 Å². The Balaban J connectivity index is 1.48. The van der Waals surface area contributed by atoms with Crippen molar-refractivity contribution in [1.82, 2.24) is 20.1 Å². The first-order valence-electron chi connectivity index (χ1n) is 12.4. The van der Waals surface area contributed by atoms with Crippen molar-refractivity contribution in [2.75, 3.05) is 52.7 Å². The van der Waals surface area contributed by atoms with E-state index in [1.165, 1.54) is 11.3 Å². The molecule has 1 aliphatic heterocycles. The Bertz CT molecular complexity index is 1250. The van der Waals surface area contributed by atoms with Gasteiger partial charge in [0.15, 0.2) is 5.13 Å². The summed E-state index contributed by atoms with van der Waals surface area (Å²) in [5.74, 6) is 0.676. The van der Waals surface area contributed by atoms with Crippen molar-refractivity contribution >= 4 is 39.8 Å². The Morgan fingerprint density at radius 2 is 2.11 bits per heavy atom. The number of aromatic nitrogens is 1. The molecule has 0 bridgehead atoms. The summed E-state index contributed by atoms with van der Waals surface area (Å²) in [6.45, 7) is 11.2. The fourth-order valence-corrected chi connectivity index (χ4v) is 6.21. The molecule has 0 unspecified atom stereocenters. The second kappa shape index (κ2) is 12.6.